The second-order valence-corrected chi connectivity index (χ2v) is 5.50. The van der Waals surface area contributed by atoms with E-state index in [4.69, 9.17) is 11.6 Å². The van der Waals surface area contributed by atoms with Gasteiger partial charge in [-0.05, 0) is 42.5 Å². The van der Waals surface area contributed by atoms with Crippen LogP contribution in [-0.4, -0.2) is 12.5 Å². The Morgan fingerprint density at radius 2 is 1.73 bits per heavy atom. The number of rotatable bonds is 7. The monoisotopic (exact) mass is 313 g/mol. The quantitative estimate of drug-likeness (QED) is 0.592. The van der Waals surface area contributed by atoms with Gasteiger partial charge in [-0.2, -0.15) is 0 Å². The lowest BCUT2D eigenvalue weighted by atomic mass is 10.1. The summed E-state index contributed by atoms with van der Waals surface area (Å²) in [6.07, 6.45) is 6.35. The van der Waals surface area contributed by atoms with Crippen molar-refractivity contribution >= 4 is 23.6 Å². The van der Waals surface area contributed by atoms with Crippen molar-refractivity contribution in [3.05, 3.63) is 76.8 Å². The molecule has 1 N–H and O–H groups in total. The fourth-order valence-corrected chi connectivity index (χ4v) is 2.34. The molecule has 22 heavy (non-hydrogen) atoms. The van der Waals surface area contributed by atoms with Gasteiger partial charge in [-0.3, -0.25) is 4.79 Å². The van der Waals surface area contributed by atoms with Gasteiger partial charge in [0, 0.05) is 17.6 Å². The summed E-state index contributed by atoms with van der Waals surface area (Å²) in [5.74, 6) is -0.0837. The zero-order valence-corrected chi connectivity index (χ0v) is 13.2. The zero-order chi connectivity index (χ0) is 15.6. The number of amides is 1. The van der Waals surface area contributed by atoms with Crippen molar-refractivity contribution in [1.82, 2.24) is 5.32 Å². The van der Waals surface area contributed by atoms with Crippen LogP contribution in [0.4, 0.5) is 0 Å². The van der Waals surface area contributed by atoms with Crippen LogP contribution in [0.3, 0.4) is 0 Å². The number of benzene rings is 2. The van der Waals surface area contributed by atoms with Crippen LogP contribution in [0, 0.1) is 0 Å². The van der Waals surface area contributed by atoms with Crippen molar-refractivity contribution in [2.45, 2.75) is 19.3 Å². The van der Waals surface area contributed by atoms with E-state index in [1.54, 1.807) is 6.08 Å². The molecule has 0 aliphatic heterocycles. The van der Waals surface area contributed by atoms with Crippen LogP contribution in [0.15, 0.2) is 60.7 Å². The molecular formula is C19H20ClNO. The van der Waals surface area contributed by atoms with Crippen molar-refractivity contribution in [3.8, 4) is 0 Å². The van der Waals surface area contributed by atoms with Crippen molar-refractivity contribution in [3.63, 3.8) is 0 Å². The molecule has 0 aliphatic rings. The Morgan fingerprint density at radius 1 is 1.00 bits per heavy atom. The molecule has 0 aliphatic carbocycles. The van der Waals surface area contributed by atoms with E-state index in [-0.39, 0.29) is 5.91 Å². The topological polar surface area (TPSA) is 29.1 Å². The second-order valence-electron chi connectivity index (χ2n) is 5.09. The van der Waals surface area contributed by atoms with Gasteiger partial charge in [-0.25, -0.2) is 0 Å². The number of unbranched alkanes of at least 4 members (excludes halogenated alkanes) is 1. The molecule has 1 amide bonds. The van der Waals surface area contributed by atoms with Gasteiger partial charge in [0.05, 0.1) is 0 Å². The summed E-state index contributed by atoms with van der Waals surface area (Å²) < 4.78 is 0. The van der Waals surface area contributed by atoms with Crippen LogP contribution in [0.5, 0.6) is 0 Å². The first-order valence-corrected chi connectivity index (χ1v) is 7.88. The molecule has 0 saturated heterocycles. The van der Waals surface area contributed by atoms with Crippen molar-refractivity contribution in [2.75, 3.05) is 6.54 Å². The van der Waals surface area contributed by atoms with E-state index >= 15 is 0 Å². The summed E-state index contributed by atoms with van der Waals surface area (Å²) in [6, 6.07) is 17.8. The molecule has 2 aromatic carbocycles. The number of halogens is 1. The number of aryl methyl sites for hydroxylation is 1. The van der Waals surface area contributed by atoms with Crippen molar-refractivity contribution < 1.29 is 4.79 Å². The molecule has 2 rings (SSSR count). The number of carbonyl (C=O) groups is 1. The first kappa shape index (κ1) is 16.3. The average Bonchev–Trinajstić information content (AvgIpc) is 2.55. The van der Waals surface area contributed by atoms with Crippen LogP contribution < -0.4 is 5.32 Å². The third-order valence-corrected chi connectivity index (χ3v) is 3.70. The average molecular weight is 314 g/mol. The van der Waals surface area contributed by atoms with Gasteiger partial charge in [0.2, 0.25) is 5.91 Å². The van der Waals surface area contributed by atoms with Crippen LogP contribution in [0.1, 0.15) is 24.0 Å². The Labute approximate surface area is 136 Å². The molecule has 0 heterocycles. The first-order chi connectivity index (χ1) is 10.8. The van der Waals surface area contributed by atoms with Gasteiger partial charge in [0.15, 0.2) is 0 Å². The summed E-state index contributed by atoms with van der Waals surface area (Å²) in [6.45, 7) is 0.693. The maximum Gasteiger partial charge on any atom is 0.243 e. The minimum absolute atomic E-state index is 0.0837. The van der Waals surface area contributed by atoms with Gasteiger partial charge >= 0.3 is 0 Å². The molecule has 0 radical (unpaired) electrons. The highest BCUT2D eigenvalue weighted by molar-refractivity contribution is 6.32. The summed E-state index contributed by atoms with van der Waals surface area (Å²) in [7, 11) is 0. The van der Waals surface area contributed by atoms with E-state index in [0.29, 0.717) is 11.6 Å². The van der Waals surface area contributed by atoms with E-state index in [2.05, 4.69) is 29.6 Å². The highest BCUT2D eigenvalue weighted by atomic mass is 35.5. The molecule has 3 heteroatoms. The van der Waals surface area contributed by atoms with Crippen LogP contribution in [-0.2, 0) is 11.2 Å². The van der Waals surface area contributed by atoms with Crippen LogP contribution in [0.25, 0.3) is 6.08 Å². The van der Waals surface area contributed by atoms with E-state index in [0.717, 1.165) is 24.8 Å². The normalized spacial score (nSPS) is 10.8. The highest BCUT2D eigenvalue weighted by Gasteiger charge is 1.98. The maximum atomic E-state index is 11.7. The van der Waals surface area contributed by atoms with E-state index < -0.39 is 0 Å². The molecule has 0 aromatic heterocycles. The predicted molar refractivity (Wildman–Crippen MR) is 92.9 cm³/mol. The smallest absolute Gasteiger partial charge is 0.243 e. The Bertz CT molecular complexity index is 622. The summed E-state index contributed by atoms with van der Waals surface area (Å²) >= 11 is 6.03. The Kier molecular flexibility index (Phi) is 6.72. The lowest BCUT2D eigenvalue weighted by Crippen LogP contribution is -2.22. The minimum Gasteiger partial charge on any atom is -0.353 e. The first-order valence-electron chi connectivity index (χ1n) is 7.50. The van der Waals surface area contributed by atoms with Crippen molar-refractivity contribution in [1.29, 1.82) is 0 Å². The fourth-order valence-electron chi connectivity index (χ4n) is 2.15. The predicted octanol–water partition coefficient (Wildman–Crippen LogP) is 4.49. The van der Waals surface area contributed by atoms with Crippen molar-refractivity contribution in [2.24, 2.45) is 0 Å². The molecule has 114 valence electrons. The summed E-state index contributed by atoms with van der Waals surface area (Å²) in [5.41, 5.74) is 2.19. The van der Waals surface area contributed by atoms with E-state index in [1.165, 1.54) is 11.6 Å². The van der Waals surface area contributed by atoms with Gasteiger partial charge in [-0.15, -0.1) is 0 Å². The maximum absolute atomic E-state index is 11.7. The molecule has 0 bridgehead atoms. The lowest BCUT2D eigenvalue weighted by Gasteiger charge is -2.03. The minimum atomic E-state index is -0.0837. The SMILES string of the molecule is O=C(C=Cc1ccccc1Cl)NCCCCc1ccccc1. The number of hydrogen-bond acceptors (Lipinski definition) is 1. The van der Waals surface area contributed by atoms with E-state index in [9.17, 15) is 4.79 Å². The molecular weight excluding hydrogens is 294 g/mol. The Morgan fingerprint density at radius 3 is 2.50 bits per heavy atom. The van der Waals surface area contributed by atoms with Crippen LogP contribution in [0.2, 0.25) is 5.02 Å². The number of carbonyl (C=O) groups excluding carboxylic acids is 1. The Hall–Kier alpha value is -2.06. The zero-order valence-electron chi connectivity index (χ0n) is 12.5. The molecule has 0 fully saturated rings. The lowest BCUT2D eigenvalue weighted by molar-refractivity contribution is -0.116. The third kappa shape index (κ3) is 5.74. The molecule has 2 aromatic rings. The second kappa shape index (κ2) is 9.06. The largest absolute Gasteiger partial charge is 0.353 e. The summed E-state index contributed by atoms with van der Waals surface area (Å²) in [4.78, 5) is 11.7. The molecule has 0 unspecified atom stereocenters. The number of hydrogen-bond donors (Lipinski definition) is 1. The standard InChI is InChI=1S/C19H20ClNO/c20-18-12-5-4-11-17(18)13-14-19(22)21-15-7-6-10-16-8-2-1-3-9-16/h1-5,8-9,11-14H,6-7,10,15H2,(H,21,22). The Balaban J connectivity index is 1.65. The summed E-state index contributed by atoms with van der Waals surface area (Å²) in [5, 5.41) is 3.54. The van der Waals surface area contributed by atoms with Gasteiger partial charge in [-0.1, -0.05) is 60.1 Å². The molecule has 0 atom stereocenters. The van der Waals surface area contributed by atoms with Gasteiger partial charge < -0.3 is 5.32 Å². The molecule has 0 saturated carbocycles. The molecule has 2 nitrogen and oxygen atoms in total. The van der Waals surface area contributed by atoms with Gasteiger partial charge in [0.25, 0.3) is 0 Å². The fraction of sp³-hybridized carbons (Fsp3) is 0.211. The highest BCUT2D eigenvalue weighted by Crippen LogP contribution is 2.15. The molecule has 0 spiro atoms. The van der Waals surface area contributed by atoms with Crippen LogP contribution >= 0.6 is 11.6 Å². The van der Waals surface area contributed by atoms with Gasteiger partial charge in [0.1, 0.15) is 0 Å². The number of nitrogens with one attached hydrogen (secondary N) is 1. The third-order valence-electron chi connectivity index (χ3n) is 3.35. The van der Waals surface area contributed by atoms with E-state index in [1.807, 2.05) is 30.3 Å².